The molecular weight excluding hydrogens is 661 g/mol. The van der Waals surface area contributed by atoms with Gasteiger partial charge in [0.05, 0.1) is 22.5 Å². The first-order valence-electron chi connectivity index (χ1n) is 14.9. The third-order valence-corrected chi connectivity index (χ3v) is 8.80. The van der Waals surface area contributed by atoms with E-state index >= 15 is 0 Å². The van der Waals surface area contributed by atoms with E-state index in [2.05, 4.69) is 0 Å². The molecule has 0 amide bonds. The van der Waals surface area contributed by atoms with Gasteiger partial charge in [0.1, 0.15) is 23.3 Å². The molecule has 2 aliphatic rings. The number of anilines is 6. The molecule has 49 heavy (non-hydrogen) atoms. The summed E-state index contributed by atoms with van der Waals surface area (Å²) < 4.78 is 144. The largest absolute Gasteiger partial charge is 0.416 e. The van der Waals surface area contributed by atoms with Gasteiger partial charge in [-0.3, -0.25) is 0 Å². The maximum atomic E-state index is 14.8. The van der Waals surface area contributed by atoms with Crippen molar-refractivity contribution < 1.29 is 43.9 Å². The zero-order chi connectivity index (χ0) is 35.4. The second-order valence-corrected chi connectivity index (χ2v) is 13.1. The van der Waals surface area contributed by atoms with E-state index in [1.165, 1.54) is 9.80 Å². The van der Waals surface area contributed by atoms with E-state index in [4.69, 9.17) is 0 Å². The van der Waals surface area contributed by atoms with Crippen molar-refractivity contribution in [2.24, 2.45) is 0 Å². The van der Waals surface area contributed by atoms with Crippen LogP contribution in [-0.2, 0) is 17.8 Å². The molecular formula is C36H23BF10N2. The van der Waals surface area contributed by atoms with E-state index in [-0.39, 0.29) is 50.5 Å². The zero-order valence-electron chi connectivity index (χ0n) is 25.8. The minimum absolute atomic E-state index is 0.0427. The fraction of sp³-hybridized carbons (Fsp3) is 0.167. The van der Waals surface area contributed by atoms with Crippen LogP contribution in [0.4, 0.5) is 78.0 Å². The van der Waals surface area contributed by atoms with Gasteiger partial charge in [0.25, 0.3) is 6.71 Å². The van der Waals surface area contributed by atoms with E-state index in [1.54, 1.807) is 12.1 Å². The Kier molecular flexibility index (Phi) is 7.17. The molecule has 0 fully saturated rings. The van der Waals surface area contributed by atoms with Gasteiger partial charge in [-0.1, -0.05) is 32.9 Å². The highest BCUT2D eigenvalue weighted by atomic mass is 19.4. The summed E-state index contributed by atoms with van der Waals surface area (Å²) in [5.74, 6) is -3.93. The molecule has 2 aliphatic heterocycles. The molecule has 0 saturated carbocycles. The van der Waals surface area contributed by atoms with Crippen LogP contribution in [0.2, 0.25) is 0 Å². The van der Waals surface area contributed by atoms with Crippen LogP contribution in [0, 0.1) is 23.3 Å². The van der Waals surface area contributed by atoms with Gasteiger partial charge in [0, 0.05) is 34.9 Å². The summed E-state index contributed by atoms with van der Waals surface area (Å²) in [6.07, 6.45) is -9.72. The third kappa shape index (κ3) is 5.49. The highest BCUT2D eigenvalue weighted by Gasteiger charge is 2.46. The fourth-order valence-electron chi connectivity index (χ4n) is 6.68. The quantitative estimate of drug-likeness (QED) is 0.132. The van der Waals surface area contributed by atoms with Crippen molar-refractivity contribution in [3.63, 3.8) is 0 Å². The summed E-state index contributed by atoms with van der Waals surface area (Å²) in [4.78, 5) is 2.71. The number of nitrogens with zero attached hydrogens (tertiary/aromatic N) is 2. The first-order valence-corrected chi connectivity index (χ1v) is 14.9. The lowest BCUT2D eigenvalue weighted by atomic mass is 9.33. The van der Waals surface area contributed by atoms with E-state index in [0.717, 1.165) is 60.7 Å². The average Bonchev–Trinajstić information content (AvgIpc) is 2.97. The first kappa shape index (κ1) is 32.6. The van der Waals surface area contributed by atoms with Crippen molar-refractivity contribution in [2.45, 2.75) is 38.5 Å². The minimum Gasteiger partial charge on any atom is -0.311 e. The number of fused-ring (bicyclic) bond motifs is 4. The van der Waals surface area contributed by atoms with Gasteiger partial charge in [-0.05, 0) is 88.0 Å². The second-order valence-electron chi connectivity index (χ2n) is 13.1. The lowest BCUT2D eigenvalue weighted by molar-refractivity contribution is -0.138. The Morgan fingerprint density at radius 1 is 0.449 bits per heavy atom. The number of halogens is 10. The smallest absolute Gasteiger partial charge is 0.311 e. The summed E-state index contributed by atoms with van der Waals surface area (Å²) in [6, 6.07) is 14.0. The monoisotopic (exact) mass is 684 g/mol. The standard InChI is InChI=1S/C36H23BF10N2/c1-34(2,3)20-10-31-33-32(11-20)49(26-16-23(40)13-24(41)17-26)30-7-5-19(36(45,46)47)9-28(30)37(33)27-8-18(35(42,43)44)4-6-29(27)48(31)25-14-21(38)12-22(39)15-25/h4-17H,1-3H3. The predicted octanol–water partition coefficient (Wildman–Crippen LogP) is 9.66. The van der Waals surface area contributed by atoms with Crippen LogP contribution in [-0.4, -0.2) is 6.71 Å². The number of alkyl halides is 6. The molecule has 0 aliphatic carbocycles. The van der Waals surface area contributed by atoms with Gasteiger partial charge in [-0.15, -0.1) is 0 Å². The van der Waals surface area contributed by atoms with Crippen molar-refractivity contribution in [1.29, 1.82) is 0 Å². The number of hydrogen-bond acceptors (Lipinski definition) is 2. The lowest BCUT2D eigenvalue weighted by Gasteiger charge is -2.45. The van der Waals surface area contributed by atoms with Crippen LogP contribution < -0.4 is 26.2 Å². The lowest BCUT2D eigenvalue weighted by Crippen LogP contribution is -2.61. The Morgan fingerprint density at radius 3 is 1.14 bits per heavy atom. The van der Waals surface area contributed by atoms with Crippen molar-refractivity contribution in [2.75, 3.05) is 9.80 Å². The molecule has 7 rings (SSSR count). The molecule has 0 aromatic heterocycles. The topological polar surface area (TPSA) is 6.48 Å². The molecule has 0 atom stereocenters. The summed E-state index contributed by atoms with van der Waals surface area (Å²) in [5, 5.41) is 0. The number of hydrogen-bond donors (Lipinski definition) is 0. The Labute approximate surface area is 274 Å². The molecule has 2 nitrogen and oxygen atoms in total. The summed E-state index contributed by atoms with van der Waals surface area (Å²) in [5.41, 5.74) is -1.98. The second kappa shape index (κ2) is 10.8. The minimum atomic E-state index is -4.86. The van der Waals surface area contributed by atoms with E-state index in [1.807, 2.05) is 20.8 Å². The van der Waals surface area contributed by atoms with E-state index in [9.17, 15) is 43.9 Å². The van der Waals surface area contributed by atoms with Crippen LogP contribution >= 0.6 is 0 Å². The summed E-state index contributed by atoms with van der Waals surface area (Å²) >= 11 is 0. The molecule has 0 N–H and O–H groups in total. The van der Waals surface area contributed by atoms with Gasteiger partial charge >= 0.3 is 12.4 Å². The summed E-state index contributed by atoms with van der Waals surface area (Å²) in [6.45, 7) is 4.29. The number of rotatable bonds is 2. The van der Waals surface area contributed by atoms with Crippen molar-refractivity contribution in [3.8, 4) is 0 Å². The predicted molar refractivity (Wildman–Crippen MR) is 169 cm³/mol. The van der Waals surface area contributed by atoms with Crippen LogP contribution in [0.15, 0.2) is 84.9 Å². The maximum absolute atomic E-state index is 14.8. The molecule has 0 radical (unpaired) electrons. The Hall–Kier alpha value is -4.94. The van der Waals surface area contributed by atoms with Gasteiger partial charge in [-0.25, -0.2) is 17.6 Å². The molecule has 5 aromatic rings. The molecule has 0 spiro atoms. The molecule has 13 heteroatoms. The van der Waals surface area contributed by atoms with Gasteiger partial charge in [-0.2, -0.15) is 26.3 Å². The normalized spacial score (nSPS) is 14.1. The number of benzene rings is 5. The van der Waals surface area contributed by atoms with Crippen LogP contribution in [0.1, 0.15) is 37.5 Å². The van der Waals surface area contributed by atoms with Gasteiger partial charge in [0.2, 0.25) is 0 Å². The van der Waals surface area contributed by atoms with Crippen LogP contribution in [0.25, 0.3) is 0 Å². The van der Waals surface area contributed by atoms with Crippen LogP contribution in [0.3, 0.4) is 0 Å². The molecule has 0 unspecified atom stereocenters. The van der Waals surface area contributed by atoms with Gasteiger partial charge < -0.3 is 9.80 Å². The van der Waals surface area contributed by atoms with Crippen LogP contribution in [0.5, 0.6) is 0 Å². The molecule has 250 valence electrons. The summed E-state index contributed by atoms with van der Waals surface area (Å²) in [7, 11) is 0. The van der Waals surface area contributed by atoms with E-state index < -0.39 is 58.9 Å². The first-order chi connectivity index (χ1) is 22.8. The third-order valence-electron chi connectivity index (χ3n) is 8.80. The van der Waals surface area contributed by atoms with Crippen molar-refractivity contribution in [1.82, 2.24) is 0 Å². The average molecular weight is 684 g/mol. The molecule has 5 aromatic carbocycles. The van der Waals surface area contributed by atoms with Crippen molar-refractivity contribution >= 4 is 57.2 Å². The van der Waals surface area contributed by atoms with Gasteiger partial charge in [0.15, 0.2) is 0 Å². The Morgan fingerprint density at radius 2 is 0.816 bits per heavy atom. The van der Waals surface area contributed by atoms with E-state index in [0.29, 0.717) is 17.7 Å². The highest BCUT2D eigenvalue weighted by Crippen LogP contribution is 2.47. The SMILES string of the molecule is CC(C)(C)c1cc2c3c(c1)N(c1cc(F)cc(F)c1)c1ccc(C(F)(F)F)cc1B3c1cc(C(F)(F)F)ccc1N2c1cc(F)cc(F)c1. The van der Waals surface area contributed by atoms with Crippen molar-refractivity contribution in [3.05, 3.63) is 125 Å². The molecule has 0 bridgehead atoms. The highest BCUT2D eigenvalue weighted by molar-refractivity contribution is 7.00. The molecule has 2 heterocycles. The fourth-order valence-corrected chi connectivity index (χ4v) is 6.68. The zero-order valence-corrected chi connectivity index (χ0v) is 25.8. The Bertz CT molecular complexity index is 1990. The molecule has 0 saturated heterocycles. The Balaban J connectivity index is 1.67. The maximum Gasteiger partial charge on any atom is 0.416 e.